The molecule has 2 aromatic rings. The Morgan fingerprint density at radius 1 is 1.17 bits per heavy atom. The highest BCUT2D eigenvalue weighted by Gasteiger charge is 2.17. The molecule has 1 aromatic carbocycles. The van der Waals surface area contributed by atoms with E-state index in [2.05, 4.69) is 5.32 Å². The van der Waals surface area contributed by atoms with E-state index in [1.165, 1.54) is 24.3 Å². The number of hydrogen-bond acceptors (Lipinski definition) is 5. The maximum atomic E-state index is 12.1. The molecular weight excluding hydrogens is 373 g/mol. The fraction of sp³-hybridized carbons (Fsp3) is 0.188. The molecule has 0 radical (unpaired) electrons. The van der Waals surface area contributed by atoms with E-state index < -0.39 is 12.6 Å². The van der Waals surface area contributed by atoms with Gasteiger partial charge in [-0.1, -0.05) is 29.3 Å². The predicted octanol–water partition coefficient (Wildman–Crippen LogP) is 3.73. The average molecular weight is 386 g/mol. The lowest BCUT2D eigenvalue weighted by molar-refractivity contribution is -0.119. The second-order valence-electron chi connectivity index (χ2n) is 4.78. The van der Waals surface area contributed by atoms with Gasteiger partial charge in [0.2, 0.25) is 11.7 Å². The second-order valence-corrected chi connectivity index (χ2v) is 6.73. The van der Waals surface area contributed by atoms with Gasteiger partial charge in [-0.25, -0.2) is 4.79 Å². The Kier molecular flexibility index (Phi) is 6.36. The lowest BCUT2D eigenvalue weighted by atomic mass is 10.2. The van der Waals surface area contributed by atoms with E-state index in [9.17, 15) is 14.4 Å². The van der Waals surface area contributed by atoms with Gasteiger partial charge in [0.1, 0.15) is 0 Å². The van der Waals surface area contributed by atoms with Crippen molar-refractivity contribution in [3.05, 3.63) is 55.7 Å². The Balaban J connectivity index is 1.94. The average Bonchev–Trinajstić information content (AvgIpc) is 3.02. The van der Waals surface area contributed by atoms with Crippen LogP contribution < -0.4 is 5.32 Å². The zero-order chi connectivity index (χ0) is 17.7. The number of rotatable bonds is 6. The van der Waals surface area contributed by atoms with Crippen molar-refractivity contribution >= 4 is 52.2 Å². The molecule has 0 fully saturated rings. The van der Waals surface area contributed by atoms with Crippen molar-refractivity contribution in [2.75, 3.05) is 6.61 Å². The van der Waals surface area contributed by atoms with Gasteiger partial charge in [0.15, 0.2) is 6.61 Å². The molecule has 2 rings (SSSR count). The molecule has 0 saturated carbocycles. The SMILES string of the molecule is CC(=O)NCc1ccc(C(=O)COC(=O)c2cccc(Cl)c2Cl)s1. The molecule has 0 aliphatic rings. The zero-order valence-electron chi connectivity index (χ0n) is 12.6. The Labute approximate surface area is 152 Å². The minimum absolute atomic E-state index is 0.0883. The number of nitrogens with one attached hydrogen (secondary N) is 1. The first kappa shape index (κ1) is 18.4. The quantitative estimate of drug-likeness (QED) is 0.607. The molecule has 0 unspecified atom stereocenters. The van der Waals surface area contributed by atoms with E-state index in [4.69, 9.17) is 27.9 Å². The summed E-state index contributed by atoms with van der Waals surface area (Å²) in [5.74, 6) is -1.20. The Morgan fingerprint density at radius 2 is 1.92 bits per heavy atom. The first-order chi connectivity index (χ1) is 11.4. The van der Waals surface area contributed by atoms with E-state index in [1.807, 2.05) is 0 Å². The summed E-state index contributed by atoms with van der Waals surface area (Å²) >= 11 is 13.0. The molecule has 1 amide bonds. The first-order valence-electron chi connectivity index (χ1n) is 6.86. The summed E-state index contributed by atoms with van der Waals surface area (Å²) in [6.07, 6.45) is 0. The van der Waals surface area contributed by atoms with Crippen LogP contribution in [0.3, 0.4) is 0 Å². The van der Waals surface area contributed by atoms with Crippen LogP contribution >= 0.6 is 34.5 Å². The van der Waals surface area contributed by atoms with Crippen molar-refractivity contribution in [3.63, 3.8) is 0 Å². The molecule has 5 nitrogen and oxygen atoms in total. The summed E-state index contributed by atoms with van der Waals surface area (Å²) in [6, 6.07) is 7.96. The van der Waals surface area contributed by atoms with Gasteiger partial charge in [-0.2, -0.15) is 0 Å². The number of hydrogen-bond donors (Lipinski definition) is 1. The number of ether oxygens (including phenoxy) is 1. The van der Waals surface area contributed by atoms with E-state index in [-0.39, 0.29) is 27.3 Å². The van der Waals surface area contributed by atoms with Gasteiger partial charge in [-0.05, 0) is 24.3 Å². The fourth-order valence-corrected chi connectivity index (χ4v) is 3.03. The number of carbonyl (C=O) groups is 3. The number of thiophene rings is 1. The van der Waals surface area contributed by atoms with Gasteiger partial charge in [0.05, 0.1) is 27.0 Å². The molecule has 0 bridgehead atoms. The van der Waals surface area contributed by atoms with Crippen molar-refractivity contribution in [3.8, 4) is 0 Å². The first-order valence-corrected chi connectivity index (χ1v) is 8.43. The van der Waals surface area contributed by atoms with Crippen LogP contribution in [-0.4, -0.2) is 24.3 Å². The molecule has 24 heavy (non-hydrogen) atoms. The molecule has 1 heterocycles. The second kappa shape index (κ2) is 8.28. The molecule has 0 aliphatic heterocycles. The van der Waals surface area contributed by atoms with Crippen molar-refractivity contribution in [1.29, 1.82) is 0 Å². The number of benzene rings is 1. The molecule has 0 aliphatic carbocycles. The Morgan fingerprint density at radius 3 is 2.62 bits per heavy atom. The van der Waals surface area contributed by atoms with Gasteiger partial charge in [-0.3, -0.25) is 9.59 Å². The molecule has 8 heteroatoms. The molecule has 0 atom stereocenters. The van der Waals surface area contributed by atoms with Crippen LogP contribution in [0.4, 0.5) is 0 Å². The highest BCUT2D eigenvalue weighted by atomic mass is 35.5. The zero-order valence-corrected chi connectivity index (χ0v) is 14.9. The summed E-state index contributed by atoms with van der Waals surface area (Å²) in [7, 11) is 0. The Bertz CT molecular complexity index is 788. The van der Waals surface area contributed by atoms with Crippen molar-refractivity contribution in [2.45, 2.75) is 13.5 Å². The van der Waals surface area contributed by atoms with Crippen LogP contribution in [0.5, 0.6) is 0 Å². The maximum absolute atomic E-state index is 12.1. The molecule has 0 saturated heterocycles. The summed E-state index contributed by atoms with van der Waals surface area (Å²) < 4.78 is 4.99. The molecule has 1 N–H and O–H groups in total. The normalized spacial score (nSPS) is 10.3. The third kappa shape index (κ3) is 4.80. The number of Topliss-reactive ketones (excluding diaryl/α,β-unsaturated/α-hetero) is 1. The number of halogens is 2. The van der Waals surface area contributed by atoms with Gasteiger partial charge in [-0.15, -0.1) is 11.3 Å². The minimum Gasteiger partial charge on any atom is -0.454 e. The number of carbonyl (C=O) groups excluding carboxylic acids is 3. The highest BCUT2D eigenvalue weighted by Crippen LogP contribution is 2.26. The van der Waals surface area contributed by atoms with Crippen LogP contribution in [0.25, 0.3) is 0 Å². The van der Waals surface area contributed by atoms with Crippen LogP contribution in [-0.2, 0) is 16.1 Å². The van der Waals surface area contributed by atoms with Gasteiger partial charge in [0, 0.05) is 11.8 Å². The molecule has 1 aromatic heterocycles. The minimum atomic E-state index is -0.717. The largest absolute Gasteiger partial charge is 0.454 e. The third-order valence-electron chi connectivity index (χ3n) is 2.95. The highest BCUT2D eigenvalue weighted by molar-refractivity contribution is 7.14. The topological polar surface area (TPSA) is 72.5 Å². The predicted molar refractivity (Wildman–Crippen MR) is 92.9 cm³/mol. The van der Waals surface area contributed by atoms with E-state index in [1.54, 1.807) is 24.3 Å². The van der Waals surface area contributed by atoms with Gasteiger partial charge >= 0.3 is 5.97 Å². The molecular formula is C16H13Cl2NO4S. The number of esters is 1. The third-order valence-corrected chi connectivity index (χ3v) is 4.90. The molecule has 0 spiro atoms. The van der Waals surface area contributed by atoms with Crippen molar-refractivity contribution < 1.29 is 19.1 Å². The van der Waals surface area contributed by atoms with E-state index in [0.29, 0.717) is 11.4 Å². The van der Waals surface area contributed by atoms with E-state index >= 15 is 0 Å². The van der Waals surface area contributed by atoms with Crippen molar-refractivity contribution in [2.24, 2.45) is 0 Å². The fourth-order valence-electron chi connectivity index (χ4n) is 1.78. The van der Waals surface area contributed by atoms with Crippen LogP contribution in [0, 0.1) is 0 Å². The lowest BCUT2D eigenvalue weighted by Gasteiger charge is -2.06. The van der Waals surface area contributed by atoms with Crippen molar-refractivity contribution in [1.82, 2.24) is 5.32 Å². The maximum Gasteiger partial charge on any atom is 0.340 e. The van der Waals surface area contributed by atoms with Crippen LogP contribution in [0.15, 0.2) is 30.3 Å². The molecule has 126 valence electrons. The number of amides is 1. The Hall–Kier alpha value is -1.89. The van der Waals surface area contributed by atoms with E-state index in [0.717, 1.165) is 4.88 Å². The summed E-state index contributed by atoms with van der Waals surface area (Å²) in [6.45, 7) is 1.37. The number of ketones is 1. The van der Waals surface area contributed by atoms with Crippen LogP contribution in [0.1, 0.15) is 31.8 Å². The van der Waals surface area contributed by atoms with Crippen LogP contribution in [0.2, 0.25) is 10.0 Å². The lowest BCUT2D eigenvalue weighted by Crippen LogP contribution is -2.18. The monoisotopic (exact) mass is 385 g/mol. The summed E-state index contributed by atoms with van der Waals surface area (Å²) in [5.41, 5.74) is 0.106. The van der Waals surface area contributed by atoms with Gasteiger partial charge < -0.3 is 10.1 Å². The smallest absolute Gasteiger partial charge is 0.340 e. The summed E-state index contributed by atoms with van der Waals surface area (Å²) in [5, 5.41) is 2.97. The standard InChI is InChI=1S/C16H13Cl2NO4S/c1-9(20)19-7-10-5-6-14(24-10)13(21)8-23-16(22)11-3-2-4-12(17)15(11)18/h2-6H,7-8H2,1H3,(H,19,20). The summed E-state index contributed by atoms with van der Waals surface area (Å²) in [4.78, 5) is 36.2. The van der Waals surface area contributed by atoms with Gasteiger partial charge in [0.25, 0.3) is 0 Å².